The molecule has 0 aromatic heterocycles. The van der Waals surface area contributed by atoms with E-state index in [1.54, 1.807) is 41.3 Å². The Balaban J connectivity index is 1.38. The van der Waals surface area contributed by atoms with Crippen molar-refractivity contribution in [2.75, 3.05) is 0 Å². The molecule has 2 aromatic carbocycles. The van der Waals surface area contributed by atoms with Crippen molar-refractivity contribution in [3.63, 3.8) is 0 Å². The fourth-order valence-electron chi connectivity index (χ4n) is 4.55. The fourth-order valence-corrected chi connectivity index (χ4v) is 4.55. The van der Waals surface area contributed by atoms with E-state index in [1.165, 1.54) is 6.07 Å². The molecule has 6 heteroatoms. The van der Waals surface area contributed by atoms with Gasteiger partial charge in [0, 0.05) is 23.7 Å². The molecule has 0 radical (unpaired) electrons. The minimum Gasteiger partial charge on any atom is -0.482 e. The summed E-state index contributed by atoms with van der Waals surface area (Å²) < 4.78 is 20.4. The summed E-state index contributed by atoms with van der Waals surface area (Å²) >= 11 is 0. The second-order valence-corrected chi connectivity index (χ2v) is 8.91. The van der Waals surface area contributed by atoms with E-state index in [-0.39, 0.29) is 42.1 Å². The molecular weight excluding hydrogens is 407 g/mol. The van der Waals surface area contributed by atoms with E-state index in [4.69, 9.17) is 4.74 Å². The van der Waals surface area contributed by atoms with Crippen LogP contribution in [0.25, 0.3) is 6.08 Å². The molecule has 2 aliphatic carbocycles. The van der Waals surface area contributed by atoms with Crippen LogP contribution in [0.2, 0.25) is 0 Å². The van der Waals surface area contributed by atoms with Crippen LogP contribution in [0.5, 0.6) is 0 Å². The van der Waals surface area contributed by atoms with E-state index in [2.05, 4.69) is 5.32 Å². The van der Waals surface area contributed by atoms with E-state index in [9.17, 15) is 14.0 Å². The average molecular weight is 435 g/mol. The molecule has 1 N–H and O–H groups in total. The molecule has 3 fully saturated rings. The van der Waals surface area contributed by atoms with Crippen LogP contribution in [0.4, 0.5) is 4.39 Å². The highest BCUT2D eigenvalue weighted by molar-refractivity contribution is 5.97. The first-order valence-electron chi connectivity index (χ1n) is 11.4. The summed E-state index contributed by atoms with van der Waals surface area (Å²) in [4.78, 5) is 27.3. The summed E-state index contributed by atoms with van der Waals surface area (Å²) in [5, 5.41) is 2.97. The third-order valence-electron chi connectivity index (χ3n) is 6.50. The van der Waals surface area contributed by atoms with E-state index in [0.29, 0.717) is 17.2 Å². The Morgan fingerprint density at radius 2 is 1.81 bits per heavy atom. The number of fused-ring (bicyclic) bond motifs is 1. The number of nitrogens with one attached hydrogen (secondary N) is 1. The van der Waals surface area contributed by atoms with Gasteiger partial charge in [0.05, 0.1) is 6.04 Å². The summed E-state index contributed by atoms with van der Waals surface area (Å²) in [7, 11) is 0. The van der Waals surface area contributed by atoms with Crippen molar-refractivity contribution in [2.24, 2.45) is 0 Å². The third kappa shape index (κ3) is 4.40. The Morgan fingerprint density at radius 1 is 1.06 bits per heavy atom. The summed E-state index contributed by atoms with van der Waals surface area (Å²) in [6.45, 7) is 0.230. The van der Waals surface area contributed by atoms with Gasteiger partial charge in [0.25, 0.3) is 11.8 Å². The van der Waals surface area contributed by atoms with Gasteiger partial charge in [-0.25, -0.2) is 4.39 Å². The fraction of sp³-hybridized carbons (Fsp3) is 0.385. The molecule has 2 atom stereocenters. The van der Waals surface area contributed by atoms with Gasteiger partial charge >= 0.3 is 0 Å². The van der Waals surface area contributed by atoms with Gasteiger partial charge in [-0.1, -0.05) is 36.8 Å². The van der Waals surface area contributed by atoms with Crippen molar-refractivity contribution < 1.29 is 18.7 Å². The molecule has 1 heterocycles. The van der Waals surface area contributed by atoms with Gasteiger partial charge in [-0.15, -0.1) is 0 Å². The molecule has 3 aliphatic rings. The van der Waals surface area contributed by atoms with Crippen LogP contribution in [0.15, 0.2) is 54.3 Å². The molecular formula is C26H27FN2O3. The highest BCUT2D eigenvalue weighted by Crippen LogP contribution is 2.34. The summed E-state index contributed by atoms with van der Waals surface area (Å²) in [5.41, 5.74) is 1.90. The smallest absolute Gasteiger partial charge is 0.289 e. The Labute approximate surface area is 187 Å². The monoisotopic (exact) mass is 434 g/mol. The molecule has 32 heavy (non-hydrogen) atoms. The van der Waals surface area contributed by atoms with Gasteiger partial charge < -0.3 is 15.0 Å². The lowest BCUT2D eigenvalue weighted by Gasteiger charge is -2.44. The number of morpholine rings is 1. The van der Waals surface area contributed by atoms with Crippen molar-refractivity contribution in [3.8, 4) is 0 Å². The summed E-state index contributed by atoms with van der Waals surface area (Å²) in [5.74, 6) is -0.311. The lowest BCUT2D eigenvalue weighted by atomic mass is 9.89. The summed E-state index contributed by atoms with van der Waals surface area (Å²) in [6, 6.07) is 14.0. The van der Waals surface area contributed by atoms with Crippen LogP contribution in [0.3, 0.4) is 0 Å². The van der Waals surface area contributed by atoms with Gasteiger partial charge in [-0.05, 0) is 61.9 Å². The number of carbonyl (C=O) groups is 2. The quantitative estimate of drug-likeness (QED) is 0.709. The predicted octanol–water partition coefficient (Wildman–Crippen LogP) is 4.43. The standard InChI is InChI=1S/C26H27FN2O3/c27-21-6-2-1-5-19(21)16-29-22-7-3-4-8-23(22)32-24(26(29)31)15-17-9-11-18(12-10-17)25(30)28-20-13-14-20/h1-2,5-6,9-12,15,20,22-23H,3-4,7-8,13-14,16H2,(H,28,30)/b24-15+. The lowest BCUT2D eigenvalue weighted by Crippen LogP contribution is -2.54. The van der Waals surface area contributed by atoms with Crippen molar-refractivity contribution in [3.05, 3.63) is 76.8 Å². The second-order valence-electron chi connectivity index (χ2n) is 8.91. The average Bonchev–Trinajstić information content (AvgIpc) is 3.62. The number of halogens is 1. The molecule has 166 valence electrons. The molecule has 1 saturated heterocycles. The Kier molecular flexibility index (Phi) is 5.68. The van der Waals surface area contributed by atoms with Gasteiger partial charge in [0.1, 0.15) is 11.9 Å². The Morgan fingerprint density at radius 3 is 2.56 bits per heavy atom. The largest absolute Gasteiger partial charge is 0.482 e. The first-order valence-corrected chi connectivity index (χ1v) is 11.4. The van der Waals surface area contributed by atoms with Gasteiger partial charge in [-0.2, -0.15) is 0 Å². The van der Waals surface area contributed by atoms with Crippen molar-refractivity contribution >= 4 is 17.9 Å². The molecule has 2 aromatic rings. The molecule has 0 bridgehead atoms. The first kappa shape index (κ1) is 20.7. The number of nitrogens with zero attached hydrogens (tertiary/aromatic N) is 1. The third-order valence-corrected chi connectivity index (χ3v) is 6.50. The normalized spacial score (nSPS) is 24.1. The van der Waals surface area contributed by atoms with Crippen LogP contribution in [-0.4, -0.2) is 34.9 Å². The molecule has 2 unspecified atom stereocenters. The zero-order chi connectivity index (χ0) is 22.1. The molecule has 5 rings (SSSR count). The Bertz CT molecular complexity index is 1050. The molecule has 1 aliphatic heterocycles. The summed E-state index contributed by atoms with van der Waals surface area (Å²) in [6.07, 6.45) is 7.57. The molecule has 0 spiro atoms. The van der Waals surface area contributed by atoms with E-state index in [0.717, 1.165) is 44.1 Å². The van der Waals surface area contributed by atoms with Crippen LogP contribution in [-0.2, 0) is 16.1 Å². The minimum atomic E-state index is -0.301. The molecule has 5 nitrogen and oxygen atoms in total. The van der Waals surface area contributed by atoms with Gasteiger partial charge in [0.2, 0.25) is 0 Å². The number of amides is 2. The lowest BCUT2D eigenvalue weighted by molar-refractivity contribution is -0.149. The van der Waals surface area contributed by atoms with Gasteiger partial charge in [0.15, 0.2) is 5.76 Å². The number of carbonyl (C=O) groups excluding carboxylic acids is 2. The van der Waals surface area contributed by atoms with Crippen LogP contribution in [0, 0.1) is 5.82 Å². The number of hydrogen-bond donors (Lipinski definition) is 1. The molecule has 2 amide bonds. The van der Waals surface area contributed by atoms with Crippen LogP contribution >= 0.6 is 0 Å². The zero-order valence-electron chi connectivity index (χ0n) is 17.9. The van der Waals surface area contributed by atoms with Crippen LogP contribution in [0.1, 0.15) is 60.0 Å². The zero-order valence-corrected chi connectivity index (χ0v) is 17.9. The molecule has 2 saturated carbocycles. The second kappa shape index (κ2) is 8.77. The first-order chi connectivity index (χ1) is 15.6. The van der Waals surface area contributed by atoms with Gasteiger partial charge in [-0.3, -0.25) is 9.59 Å². The van der Waals surface area contributed by atoms with E-state index >= 15 is 0 Å². The van der Waals surface area contributed by atoms with E-state index < -0.39 is 0 Å². The number of ether oxygens (including phenoxy) is 1. The maximum Gasteiger partial charge on any atom is 0.289 e. The maximum absolute atomic E-state index is 14.3. The topological polar surface area (TPSA) is 58.6 Å². The van der Waals surface area contributed by atoms with E-state index in [1.807, 2.05) is 12.1 Å². The highest BCUT2D eigenvalue weighted by atomic mass is 19.1. The minimum absolute atomic E-state index is 0.0403. The number of rotatable bonds is 5. The Hall–Kier alpha value is -3.15. The predicted molar refractivity (Wildman–Crippen MR) is 119 cm³/mol. The number of hydrogen-bond acceptors (Lipinski definition) is 3. The SMILES string of the molecule is O=C(NC1CC1)c1ccc(/C=C2/OC3CCCCC3N(Cc3ccccc3F)C2=O)cc1. The maximum atomic E-state index is 14.3. The van der Waals surface area contributed by atoms with Crippen molar-refractivity contribution in [2.45, 2.75) is 63.3 Å². The van der Waals surface area contributed by atoms with Crippen molar-refractivity contribution in [1.29, 1.82) is 0 Å². The number of benzene rings is 2. The van der Waals surface area contributed by atoms with Crippen molar-refractivity contribution in [1.82, 2.24) is 10.2 Å². The van der Waals surface area contributed by atoms with Crippen LogP contribution < -0.4 is 5.32 Å². The highest BCUT2D eigenvalue weighted by Gasteiger charge is 2.41.